The number of urea groups is 1. The smallest absolute Gasteiger partial charge is 0.321 e. The number of carbonyl (C=O) groups excluding carboxylic acids is 3. The monoisotopic (exact) mass is 532 g/mol. The van der Waals surface area contributed by atoms with Gasteiger partial charge in [0.05, 0.1) is 10.6 Å². The van der Waals surface area contributed by atoms with Gasteiger partial charge in [0.25, 0.3) is 21.7 Å². The second kappa shape index (κ2) is 9.65. The van der Waals surface area contributed by atoms with Crippen LogP contribution >= 0.6 is 0 Å². The average molecular weight is 533 g/mol. The van der Waals surface area contributed by atoms with Gasteiger partial charge in [0.15, 0.2) is 0 Å². The highest BCUT2D eigenvalue weighted by molar-refractivity contribution is 7.92. The Morgan fingerprint density at radius 2 is 1.68 bits per heavy atom. The molecule has 0 atom stereocenters. The van der Waals surface area contributed by atoms with Crippen LogP contribution in [0.1, 0.15) is 21.6 Å². The van der Waals surface area contributed by atoms with Crippen LogP contribution in [0.4, 0.5) is 29.3 Å². The van der Waals surface area contributed by atoms with Crippen LogP contribution in [0.2, 0.25) is 0 Å². The molecule has 9 nitrogen and oxygen atoms in total. The molecule has 0 radical (unpaired) electrons. The van der Waals surface area contributed by atoms with E-state index in [1.54, 1.807) is 18.2 Å². The number of aromatic nitrogens is 1. The van der Waals surface area contributed by atoms with Crippen molar-refractivity contribution in [2.75, 3.05) is 16.8 Å². The summed E-state index contributed by atoms with van der Waals surface area (Å²) in [6.07, 6.45) is 1.39. The van der Waals surface area contributed by atoms with Crippen molar-refractivity contribution in [2.45, 2.75) is 23.9 Å². The molecule has 0 bridgehead atoms. The number of hydrogen-bond acceptors (Lipinski definition) is 6. The summed E-state index contributed by atoms with van der Waals surface area (Å²) in [6, 6.07) is 12.7. The number of halogens is 3. The van der Waals surface area contributed by atoms with Gasteiger partial charge >= 0.3 is 11.5 Å². The molecule has 192 valence electrons. The molecule has 1 N–H and O–H groups in total. The lowest BCUT2D eigenvalue weighted by atomic mass is 10.2. The molecule has 0 spiro atoms. The normalized spacial score (nSPS) is 14.3. The number of nitrogens with one attached hydrogen (secondary N) is 1. The molecule has 37 heavy (non-hydrogen) atoms. The largest absolute Gasteiger partial charge is 0.501 e. The number of rotatable bonds is 6. The second-order valence-corrected chi connectivity index (χ2v) is 10.1. The van der Waals surface area contributed by atoms with E-state index in [0.29, 0.717) is 23.4 Å². The van der Waals surface area contributed by atoms with Crippen molar-refractivity contribution in [1.29, 1.82) is 0 Å². The van der Waals surface area contributed by atoms with Crippen molar-refractivity contribution >= 4 is 39.1 Å². The van der Waals surface area contributed by atoms with Crippen LogP contribution in [0.3, 0.4) is 0 Å². The Balaban J connectivity index is 1.47. The van der Waals surface area contributed by atoms with Crippen molar-refractivity contribution in [1.82, 2.24) is 9.88 Å². The fourth-order valence-electron chi connectivity index (χ4n) is 3.58. The number of sulfone groups is 1. The van der Waals surface area contributed by atoms with Crippen molar-refractivity contribution in [3.8, 4) is 0 Å². The van der Waals surface area contributed by atoms with Gasteiger partial charge in [0.2, 0.25) is 0 Å². The van der Waals surface area contributed by atoms with Crippen molar-refractivity contribution < 1.29 is 36.0 Å². The Morgan fingerprint density at radius 1 is 1.03 bits per heavy atom. The number of amides is 4. The Morgan fingerprint density at radius 3 is 2.30 bits per heavy atom. The van der Waals surface area contributed by atoms with Crippen LogP contribution in [0, 0.1) is 6.92 Å². The molecule has 1 aliphatic rings. The number of benzene rings is 2. The molecule has 1 aromatic heterocycles. The number of nitrogens with zero attached hydrogens (tertiary/aromatic N) is 3. The van der Waals surface area contributed by atoms with Gasteiger partial charge in [-0.3, -0.25) is 14.6 Å². The molecule has 2 aromatic carbocycles. The number of anilines is 2. The van der Waals surface area contributed by atoms with Crippen molar-refractivity contribution in [2.24, 2.45) is 0 Å². The highest BCUT2D eigenvalue weighted by atomic mass is 32.2. The Bertz CT molecular complexity index is 1470. The fourth-order valence-corrected chi connectivity index (χ4v) is 4.35. The Labute approximate surface area is 209 Å². The minimum absolute atomic E-state index is 0.0467. The van der Waals surface area contributed by atoms with E-state index in [0.717, 1.165) is 22.6 Å². The first-order chi connectivity index (χ1) is 17.4. The van der Waals surface area contributed by atoms with Gasteiger partial charge in [-0.15, -0.1) is 0 Å². The molecule has 2 heterocycles. The minimum atomic E-state index is -5.57. The van der Waals surface area contributed by atoms with E-state index in [9.17, 15) is 36.0 Å². The summed E-state index contributed by atoms with van der Waals surface area (Å²) >= 11 is 0. The van der Waals surface area contributed by atoms with Crippen LogP contribution in [0.15, 0.2) is 71.8 Å². The molecule has 1 saturated heterocycles. The third-order valence-corrected chi connectivity index (χ3v) is 6.99. The van der Waals surface area contributed by atoms with Gasteiger partial charge in [-0.25, -0.2) is 18.1 Å². The van der Waals surface area contributed by atoms with E-state index in [1.807, 2.05) is 19.1 Å². The fraction of sp³-hybridized carbons (Fsp3) is 0.167. The molecular weight excluding hydrogens is 513 g/mol. The van der Waals surface area contributed by atoms with Gasteiger partial charge in [0, 0.05) is 18.4 Å². The zero-order chi connectivity index (χ0) is 27.0. The Kier molecular flexibility index (Phi) is 6.74. The number of imide groups is 1. The quantitative estimate of drug-likeness (QED) is 0.482. The lowest BCUT2D eigenvalue weighted by Crippen LogP contribution is -2.33. The average Bonchev–Trinajstić information content (AvgIpc) is 3.12. The standard InChI is InChI=1S/C24H19F3N4O5S/c1-15-2-4-17(5-3-15)29-22(33)20-12-16(10-11-28-20)13-30-14-21(32)31(23(30)34)18-6-8-19(9-7-18)37(35,36)24(25,26)27/h2-12H,13-14H2,1H3,(H,29,33). The van der Waals surface area contributed by atoms with Gasteiger partial charge in [-0.05, 0) is 61.0 Å². The van der Waals surface area contributed by atoms with E-state index >= 15 is 0 Å². The molecule has 0 saturated carbocycles. The van der Waals surface area contributed by atoms with Gasteiger partial charge in [-0.2, -0.15) is 13.2 Å². The van der Waals surface area contributed by atoms with E-state index in [2.05, 4.69) is 10.3 Å². The summed E-state index contributed by atoms with van der Waals surface area (Å²) in [6.45, 7) is 1.54. The van der Waals surface area contributed by atoms with Crippen LogP contribution in [-0.2, 0) is 21.2 Å². The van der Waals surface area contributed by atoms with Crippen LogP contribution < -0.4 is 10.2 Å². The SMILES string of the molecule is Cc1ccc(NC(=O)c2cc(CN3CC(=O)N(c4ccc(S(=O)(=O)C(F)(F)F)cc4)C3=O)ccn2)cc1. The number of hydrogen-bond donors (Lipinski definition) is 1. The lowest BCUT2D eigenvalue weighted by Gasteiger charge is -2.18. The van der Waals surface area contributed by atoms with Crippen LogP contribution in [-0.4, -0.2) is 48.2 Å². The molecule has 13 heteroatoms. The maximum atomic E-state index is 12.9. The third kappa shape index (κ3) is 5.31. The van der Waals surface area contributed by atoms with E-state index in [-0.39, 0.29) is 24.5 Å². The summed E-state index contributed by atoms with van der Waals surface area (Å²) in [7, 11) is -5.57. The summed E-state index contributed by atoms with van der Waals surface area (Å²) in [5, 5.41) is 2.72. The van der Waals surface area contributed by atoms with E-state index in [1.165, 1.54) is 17.2 Å². The molecule has 1 fully saturated rings. The molecule has 0 unspecified atom stereocenters. The summed E-state index contributed by atoms with van der Waals surface area (Å²) in [5.41, 5.74) is -3.35. The van der Waals surface area contributed by atoms with Crippen LogP contribution in [0.25, 0.3) is 0 Å². The third-order valence-electron chi connectivity index (χ3n) is 5.49. The van der Waals surface area contributed by atoms with Gasteiger partial charge in [-0.1, -0.05) is 17.7 Å². The first kappa shape index (κ1) is 25.8. The topological polar surface area (TPSA) is 117 Å². The van der Waals surface area contributed by atoms with E-state index in [4.69, 9.17) is 0 Å². The number of alkyl halides is 3. The maximum absolute atomic E-state index is 12.9. The first-order valence-electron chi connectivity index (χ1n) is 10.7. The zero-order valence-corrected chi connectivity index (χ0v) is 20.0. The number of pyridine rings is 1. The molecule has 4 amide bonds. The first-order valence-corrected chi connectivity index (χ1v) is 12.2. The molecular formula is C24H19F3N4O5S. The van der Waals surface area contributed by atoms with E-state index < -0.39 is 38.1 Å². The summed E-state index contributed by atoms with van der Waals surface area (Å²) in [4.78, 5) is 42.9. The Hall–Kier alpha value is -4.26. The highest BCUT2D eigenvalue weighted by Crippen LogP contribution is 2.32. The predicted octanol–water partition coefficient (Wildman–Crippen LogP) is 3.90. The van der Waals surface area contributed by atoms with Gasteiger partial charge < -0.3 is 10.2 Å². The van der Waals surface area contributed by atoms with Crippen LogP contribution in [0.5, 0.6) is 0 Å². The highest BCUT2D eigenvalue weighted by Gasteiger charge is 2.47. The second-order valence-electron chi connectivity index (χ2n) is 8.18. The zero-order valence-electron chi connectivity index (χ0n) is 19.2. The molecule has 4 rings (SSSR count). The predicted molar refractivity (Wildman–Crippen MR) is 126 cm³/mol. The van der Waals surface area contributed by atoms with Gasteiger partial charge in [0.1, 0.15) is 12.2 Å². The molecule has 1 aliphatic heterocycles. The van der Waals surface area contributed by atoms with Crippen molar-refractivity contribution in [3.05, 3.63) is 83.7 Å². The number of aryl methyl sites for hydroxylation is 1. The molecule has 0 aliphatic carbocycles. The number of carbonyl (C=O) groups is 3. The summed E-state index contributed by atoms with van der Waals surface area (Å²) < 4.78 is 61.4. The maximum Gasteiger partial charge on any atom is 0.501 e. The minimum Gasteiger partial charge on any atom is -0.321 e. The summed E-state index contributed by atoms with van der Waals surface area (Å²) in [5.74, 6) is -1.12. The van der Waals surface area contributed by atoms with Crippen molar-refractivity contribution in [3.63, 3.8) is 0 Å². The lowest BCUT2D eigenvalue weighted by molar-refractivity contribution is -0.116. The molecule has 3 aromatic rings.